The van der Waals surface area contributed by atoms with Crippen molar-refractivity contribution < 1.29 is 4.74 Å². The summed E-state index contributed by atoms with van der Waals surface area (Å²) < 4.78 is 5.44. The number of rotatable bonds is 5. The lowest BCUT2D eigenvalue weighted by atomic mass is 10.2. The van der Waals surface area contributed by atoms with E-state index in [0.29, 0.717) is 29.1 Å². The fourth-order valence-electron chi connectivity index (χ4n) is 2.24. The number of anilines is 3. The van der Waals surface area contributed by atoms with Gasteiger partial charge >= 0.3 is 0 Å². The highest BCUT2D eigenvalue weighted by Crippen LogP contribution is 2.24. The summed E-state index contributed by atoms with van der Waals surface area (Å²) in [6, 6.07) is 16.7. The molecule has 0 radical (unpaired) electrons. The van der Waals surface area contributed by atoms with Crippen LogP contribution in [0.3, 0.4) is 0 Å². The first-order chi connectivity index (χ1) is 11.6. The van der Waals surface area contributed by atoms with Gasteiger partial charge in [0, 0.05) is 22.3 Å². The highest BCUT2D eigenvalue weighted by Gasteiger charge is 2.07. The monoisotopic (exact) mass is 340 g/mol. The highest BCUT2D eigenvalue weighted by atomic mass is 35.5. The summed E-state index contributed by atoms with van der Waals surface area (Å²) in [4.78, 5) is 8.82. The van der Waals surface area contributed by atoms with Gasteiger partial charge in [-0.1, -0.05) is 17.7 Å². The normalized spacial score (nSPS) is 10.4. The van der Waals surface area contributed by atoms with Crippen molar-refractivity contribution >= 4 is 28.9 Å². The lowest BCUT2D eigenvalue weighted by Crippen LogP contribution is -2.01. The van der Waals surface area contributed by atoms with Crippen LogP contribution in [0.15, 0.2) is 54.6 Å². The molecule has 1 aromatic heterocycles. The number of hydrogen-bond donors (Lipinski definition) is 2. The van der Waals surface area contributed by atoms with Gasteiger partial charge in [0.1, 0.15) is 17.4 Å². The fourth-order valence-corrected chi connectivity index (χ4v) is 2.43. The smallest absolute Gasteiger partial charge is 0.163 e. The SMILES string of the molecule is CCOc1ccc(-c2nc(N)cc(Nc3cccc(Cl)c3)n2)cc1. The molecule has 0 aliphatic heterocycles. The molecule has 0 spiro atoms. The number of benzene rings is 2. The minimum atomic E-state index is 0.387. The Morgan fingerprint density at radius 1 is 1.08 bits per heavy atom. The molecular formula is C18H17ClN4O. The van der Waals surface area contributed by atoms with E-state index in [1.807, 2.05) is 55.5 Å². The molecule has 0 aliphatic carbocycles. The van der Waals surface area contributed by atoms with Crippen molar-refractivity contribution in [3.8, 4) is 17.1 Å². The van der Waals surface area contributed by atoms with Crippen LogP contribution in [0, 0.1) is 0 Å². The third kappa shape index (κ3) is 3.94. The van der Waals surface area contributed by atoms with Crippen molar-refractivity contribution in [2.24, 2.45) is 0 Å². The van der Waals surface area contributed by atoms with Crippen molar-refractivity contribution in [3.05, 3.63) is 59.6 Å². The number of nitrogens with zero attached hydrogens (tertiary/aromatic N) is 2. The average molecular weight is 341 g/mol. The van der Waals surface area contributed by atoms with Crippen LogP contribution in [-0.2, 0) is 0 Å². The van der Waals surface area contributed by atoms with Gasteiger partial charge in [0.25, 0.3) is 0 Å². The minimum Gasteiger partial charge on any atom is -0.494 e. The molecule has 0 saturated heterocycles. The Labute approximate surface area is 145 Å². The van der Waals surface area contributed by atoms with Crippen LogP contribution in [0.2, 0.25) is 5.02 Å². The van der Waals surface area contributed by atoms with Crippen molar-refractivity contribution in [1.29, 1.82) is 0 Å². The van der Waals surface area contributed by atoms with E-state index in [-0.39, 0.29) is 0 Å². The molecule has 3 N–H and O–H groups in total. The lowest BCUT2D eigenvalue weighted by molar-refractivity contribution is 0.340. The molecule has 3 rings (SSSR count). The zero-order valence-electron chi connectivity index (χ0n) is 13.2. The maximum atomic E-state index is 6.00. The summed E-state index contributed by atoms with van der Waals surface area (Å²) in [6.07, 6.45) is 0. The zero-order valence-corrected chi connectivity index (χ0v) is 13.9. The van der Waals surface area contributed by atoms with Gasteiger partial charge < -0.3 is 15.8 Å². The molecule has 1 heterocycles. The van der Waals surface area contributed by atoms with Gasteiger partial charge in [-0.25, -0.2) is 9.97 Å². The Morgan fingerprint density at radius 2 is 1.88 bits per heavy atom. The highest BCUT2D eigenvalue weighted by molar-refractivity contribution is 6.30. The first kappa shape index (κ1) is 16.1. The van der Waals surface area contributed by atoms with Crippen LogP contribution in [0.1, 0.15) is 6.92 Å². The molecule has 0 saturated carbocycles. The topological polar surface area (TPSA) is 73.1 Å². The first-order valence-electron chi connectivity index (χ1n) is 7.54. The van der Waals surface area contributed by atoms with Crippen LogP contribution in [0.5, 0.6) is 5.75 Å². The number of nitrogen functional groups attached to an aromatic ring is 1. The van der Waals surface area contributed by atoms with Crippen LogP contribution < -0.4 is 15.8 Å². The van der Waals surface area contributed by atoms with E-state index in [2.05, 4.69) is 15.3 Å². The first-order valence-corrected chi connectivity index (χ1v) is 7.92. The fraction of sp³-hybridized carbons (Fsp3) is 0.111. The van der Waals surface area contributed by atoms with Gasteiger partial charge in [0.2, 0.25) is 0 Å². The van der Waals surface area contributed by atoms with Crippen molar-refractivity contribution in [1.82, 2.24) is 9.97 Å². The third-order valence-corrected chi connectivity index (χ3v) is 3.50. The van der Waals surface area contributed by atoms with Crippen LogP contribution >= 0.6 is 11.6 Å². The molecule has 0 bridgehead atoms. The summed E-state index contributed by atoms with van der Waals surface area (Å²) >= 11 is 6.00. The van der Waals surface area contributed by atoms with Gasteiger partial charge in [-0.3, -0.25) is 0 Å². The second-order valence-corrected chi connectivity index (χ2v) is 5.53. The molecule has 3 aromatic rings. The number of nitrogens with two attached hydrogens (primary N) is 1. The molecule has 0 amide bonds. The summed E-state index contributed by atoms with van der Waals surface area (Å²) in [7, 11) is 0. The van der Waals surface area contributed by atoms with Gasteiger partial charge in [-0.05, 0) is 49.4 Å². The van der Waals surface area contributed by atoms with E-state index < -0.39 is 0 Å². The number of aromatic nitrogens is 2. The Morgan fingerprint density at radius 3 is 2.58 bits per heavy atom. The number of halogens is 1. The lowest BCUT2D eigenvalue weighted by Gasteiger charge is -2.09. The molecule has 2 aromatic carbocycles. The molecule has 122 valence electrons. The molecule has 0 fully saturated rings. The number of hydrogen-bond acceptors (Lipinski definition) is 5. The number of nitrogens with one attached hydrogen (secondary N) is 1. The second kappa shape index (κ2) is 7.19. The Kier molecular flexibility index (Phi) is 4.82. The van der Waals surface area contributed by atoms with Gasteiger partial charge in [0.15, 0.2) is 5.82 Å². The van der Waals surface area contributed by atoms with Crippen LogP contribution in [0.4, 0.5) is 17.3 Å². The van der Waals surface area contributed by atoms with Crippen molar-refractivity contribution in [2.75, 3.05) is 17.7 Å². The predicted octanol–water partition coefficient (Wildman–Crippen LogP) is 4.52. The maximum absolute atomic E-state index is 6.00. The minimum absolute atomic E-state index is 0.387. The van der Waals surface area contributed by atoms with Crippen molar-refractivity contribution in [2.45, 2.75) is 6.92 Å². The summed E-state index contributed by atoms with van der Waals surface area (Å²) in [5.41, 5.74) is 7.61. The summed E-state index contributed by atoms with van der Waals surface area (Å²) in [5.74, 6) is 2.34. The Hall–Kier alpha value is -2.79. The van der Waals surface area contributed by atoms with Crippen LogP contribution in [-0.4, -0.2) is 16.6 Å². The van der Waals surface area contributed by atoms with Gasteiger partial charge in [0.05, 0.1) is 6.61 Å². The maximum Gasteiger partial charge on any atom is 0.163 e. The van der Waals surface area contributed by atoms with E-state index in [9.17, 15) is 0 Å². The third-order valence-electron chi connectivity index (χ3n) is 3.27. The molecule has 0 unspecified atom stereocenters. The number of ether oxygens (including phenoxy) is 1. The molecule has 0 atom stereocenters. The largest absolute Gasteiger partial charge is 0.494 e. The summed E-state index contributed by atoms with van der Waals surface area (Å²) in [6.45, 7) is 2.57. The Balaban J connectivity index is 1.88. The van der Waals surface area contributed by atoms with Gasteiger partial charge in [-0.15, -0.1) is 0 Å². The predicted molar refractivity (Wildman–Crippen MR) is 97.8 cm³/mol. The van der Waals surface area contributed by atoms with E-state index in [4.69, 9.17) is 22.1 Å². The van der Waals surface area contributed by atoms with Crippen molar-refractivity contribution in [3.63, 3.8) is 0 Å². The molecule has 0 aliphatic rings. The van der Waals surface area contributed by atoms with E-state index in [1.165, 1.54) is 0 Å². The zero-order chi connectivity index (χ0) is 16.9. The van der Waals surface area contributed by atoms with E-state index >= 15 is 0 Å². The molecule has 24 heavy (non-hydrogen) atoms. The summed E-state index contributed by atoms with van der Waals surface area (Å²) in [5, 5.41) is 3.83. The van der Waals surface area contributed by atoms with Gasteiger partial charge in [-0.2, -0.15) is 0 Å². The standard InChI is InChI=1S/C18H17ClN4O/c1-2-24-15-8-6-12(7-9-15)18-22-16(20)11-17(23-18)21-14-5-3-4-13(19)10-14/h3-11H,2H2,1H3,(H3,20,21,22,23). The molecule has 5 nitrogen and oxygen atoms in total. The molecule has 6 heteroatoms. The average Bonchev–Trinajstić information content (AvgIpc) is 2.55. The van der Waals surface area contributed by atoms with E-state index in [1.54, 1.807) is 6.07 Å². The second-order valence-electron chi connectivity index (χ2n) is 5.09. The van der Waals surface area contributed by atoms with Crippen LogP contribution in [0.25, 0.3) is 11.4 Å². The quantitative estimate of drug-likeness (QED) is 0.714. The van der Waals surface area contributed by atoms with E-state index in [0.717, 1.165) is 17.0 Å². The Bertz CT molecular complexity index is 837. The molecular weight excluding hydrogens is 324 g/mol.